The Labute approximate surface area is 161 Å². The summed E-state index contributed by atoms with van der Waals surface area (Å²) in [6.07, 6.45) is -0.137. The molecule has 0 saturated heterocycles. The molecule has 0 radical (unpaired) electrons. The summed E-state index contributed by atoms with van der Waals surface area (Å²) >= 11 is 0. The van der Waals surface area contributed by atoms with Crippen molar-refractivity contribution in [2.75, 3.05) is 0 Å². The molecule has 4 aromatic rings. The SMILES string of the molecule is Cc1cn(-c2cc(-c3ncc4ccc([N+](=O)[O-])cc4n3)cc(C(F)(F)F)c2)cn1. The topological polar surface area (TPSA) is 86.7 Å². The Bertz CT molecular complexity index is 1250. The average Bonchev–Trinajstić information content (AvgIpc) is 3.12. The molecule has 29 heavy (non-hydrogen) atoms. The predicted octanol–water partition coefficient (Wildman–Crippen LogP) is 4.72. The lowest BCUT2D eigenvalue weighted by Gasteiger charge is -2.12. The fourth-order valence-corrected chi connectivity index (χ4v) is 2.88. The van der Waals surface area contributed by atoms with Gasteiger partial charge in [-0.25, -0.2) is 15.0 Å². The third kappa shape index (κ3) is 3.64. The minimum absolute atomic E-state index is 0.0298. The number of fused-ring (bicyclic) bond motifs is 1. The number of non-ortho nitro benzene ring substituents is 1. The highest BCUT2D eigenvalue weighted by molar-refractivity contribution is 5.82. The van der Waals surface area contributed by atoms with Gasteiger partial charge >= 0.3 is 6.18 Å². The third-order valence-electron chi connectivity index (χ3n) is 4.29. The van der Waals surface area contributed by atoms with E-state index in [1.807, 2.05) is 0 Å². The van der Waals surface area contributed by atoms with Gasteiger partial charge in [-0.15, -0.1) is 0 Å². The van der Waals surface area contributed by atoms with Gasteiger partial charge in [0.2, 0.25) is 0 Å². The first-order valence-corrected chi connectivity index (χ1v) is 8.35. The Morgan fingerprint density at radius 3 is 2.55 bits per heavy atom. The number of aryl methyl sites for hydroxylation is 1. The van der Waals surface area contributed by atoms with Crippen LogP contribution < -0.4 is 0 Å². The summed E-state index contributed by atoms with van der Waals surface area (Å²) in [5, 5.41) is 11.5. The molecule has 0 bridgehead atoms. The first-order valence-electron chi connectivity index (χ1n) is 8.35. The van der Waals surface area contributed by atoms with Gasteiger partial charge in [-0.2, -0.15) is 13.2 Å². The molecule has 2 heterocycles. The minimum atomic E-state index is -4.57. The zero-order valence-corrected chi connectivity index (χ0v) is 14.9. The molecular weight excluding hydrogens is 387 g/mol. The Balaban J connectivity index is 1.90. The highest BCUT2D eigenvalue weighted by Crippen LogP contribution is 2.34. The smallest absolute Gasteiger partial charge is 0.306 e. The number of aromatic nitrogens is 4. The maximum atomic E-state index is 13.4. The number of nitrogens with zero attached hydrogens (tertiary/aromatic N) is 5. The molecule has 0 spiro atoms. The van der Waals surface area contributed by atoms with Crippen LogP contribution in [0.1, 0.15) is 11.3 Å². The average molecular weight is 399 g/mol. The Morgan fingerprint density at radius 2 is 1.90 bits per heavy atom. The Kier molecular flexibility index (Phi) is 4.26. The minimum Gasteiger partial charge on any atom is -0.306 e. The van der Waals surface area contributed by atoms with E-state index < -0.39 is 16.7 Å². The van der Waals surface area contributed by atoms with Gasteiger partial charge in [-0.3, -0.25) is 10.1 Å². The zero-order chi connectivity index (χ0) is 20.8. The van der Waals surface area contributed by atoms with Crippen LogP contribution >= 0.6 is 0 Å². The molecule has 0 saturated carbocycles. The van der Waals surface area contributed by atoms with Crippen molar-refractivity contribution in [3.63, 3.8) is 0 Å². The summed E-state index contributed by atoms with van der Waals surface area (Å²) in [5.41, 5.74) is 0.271. The van der Waals surface area contributed by atoms with Crippen molar-refractivity contribution in [3.8, 4) is 17.1 Å². The highest BCUT2D eigenvalue weighted by Gasteiger charge is 2.31. The number of imidazole rings is 1. The van der Waals surface area contributed by atoms with E-state index in [-0.39, 0.29) is 28.3 Å². The van der Waals surface area contributed by atoms with E-state index in [1.54, 1.807) is 13.1 Å². The molecule has 0 amide bonds. The van der Waals surface area contributed by atoms with E-state index in [9.17, 15) is 23.3 Å². The van der Waals surface area contributed by atoms with Gasteiger partial charge in [-0.05, 0) is 31.2 Å². The number of nitro benzene ring substituents is 1. The van der Waals surface area contributed by atoms with Crippen LogP contribution in [0.15, 0.2) is 55.1 Å². The maximum absolute atomic E-state index is 13.4. The summed E-state index contributed by atoms with van der Waals surface area (Å²) < 4.78 is 41.8. The second kappa shape index (κ2) is 6.66. The molecule has 0 unspecified atom stereocenters. The van der Waals surface area contributed by atoms with Crippen molar-refractivity contribution in [1.29, 1.82) is 0 Å². The fraction of sp³-hybridized carbons (Fsp3) is 0.105. The van der Waals surface area contributed by atoms with Crippen molar-refractivity contribution in [1.82, 2.24) is 19.5 Å². The summed E-state index contributed by atoms with van der Waals surface area (Å²) in [6, 6.07) is 7.53. The van der Waals surface area contributed by atoms with Gasteiger partial charge in [0.05, 0.1) is 28.0 Å². The van der Waals surface area contributed by atoms with E-state index in [0.717, 1.165) is 12.1 Å². The van der Waals surface area contributed by atoms with Crippen LogP contribution in [0.5, 0.6) is 0 Å². The number of benzene rings is 2. The maximum Gasteiger partial charge on any atom is 0.416 e. The Morgan fingerprint density at radius 1 is 1.10 bits per heavy atom. The summed E-state index contributed by atoms with van der Waals surface area (Å²) in [4.78, 5) is 22.8. The second-order valence-corrected chi connectivity index (χ2v) is 6.38. The van der Waals surface area contributed by atoms with Crippen LogP contribution in [0.25, 0.3) is 28.0 Å². The number of alkyl halides is 3. The summed E-state index contributed by atoms with van der Waals surface area (Å²) in [7, 11) is 0. The van der Waals surface area contributed by atoms with E-state index >= 15 is 0 Å². The van der Waals surface area contributed by atoms with Crippen LogP contribution in [0.4, 0.5) is 18.9 Å². The van der Waals surface area contributed by atoms with Gasteiger partial charge in [0.15, 0.2) is 5.82 Å². The van der Waals surface area contributed by atoms with Gasteiger partial charge in [0.1, 0.15) is 0 Å². The molecule has 0 N–H and O–H groups in total. The first kappa shape index (κ1) is 18.5. The predicted molar refractivity (Wildman–Crippen MR) is 98.5 cm³/mol. The van der Waals surface area contributed by atoms with Crippen molar-refractivity contribution < 1.29 is 18.1 Å². The van der Waals surface area contributed by atoms with Gasteiger partial charge in [0, 0.05) is 41.2 Å². The lowest BCUT2D eigenvalue weighted by Crippen LogP contribution is -2.07. The van der Waals surface area contributed by atoms with E-state index in [1.165, 1.54) is 41.4 Å². The van der Waals surface area contributed by atoms with Gasteiger partial charge in [-0.1, -0.05) is 0 Å². The van der Waals surface area contributed by atoms with Crippen molar-refractivity contribution in [3.05, 3.63) is 76.5 Å². The quantitative estimate of drug-likeness (QED) is 0.368. The molecule has 4 rings (SSSR count). The van der Waals surface area contributed by atoms with E-state index in [4.69, 9.17) is 0 Å². The molecule has 2 aromatic carbocycles. The normalized spacial score (nSPS) is 11.7. The lowest BCUT2D eigenvalue weighted by atomic mass is 10.1. The Hall–Kier alpha value is -3.82. The number of rotatable bonds is 3. The van der Waals surface area contributed by atoms with Crippen molar-refractivity contribution in [2.45, 2.75) is 13.1 Å². The molecule has 0 aliphatic rings. The lowest BCUT2D eigenvalue weighted by molar-refractivity contribution is -0.384. The molecule has 10 heteroatoms. The van der Waals surface area contributed by atoms with Crippen molar-refractivity contribution in [2.24, 2.45) is 0 Å². The van der Waals surface area contributed by atoms with Gasteiger partial charge in [0.25, 0.3) is 5.69 Å². The number of halogens is 3. The highest BCUT2D eigenvalue weighted by atomic mass is 19.4. The third-order valence-corrected chi connectivity index (χ3v) is 4.29. The monoisotopic (exact) mass is 399 g/mol. The molecule has 0 atom stereocenters. The molecule has 2 aromatic heterocycles. The van der Waals surface area contributed by atoms with Crippen LogP contribution in [0.2, 0.25) is 0 Å². The van der Waals surface area contributed by atoms with Crippen LogP contribution in [-0.4, -0.2) is 24.4 Å². The number of hydrogen-bond donors (Lipinski definition) is 0. The van der Waals surface area contributed by atoms with Crippen LogP contribution in [0, 0.1) is 17.0 Å². The standard InChI is InChI=1S/C19H12F3N5O2/c1-11-9-26(10-24-11)16-5-13(4-14(6-16)19(20,21)22)18-23-8-12-2-3-15(27(28)29)7-17(12)25-18/h2-10H,1H3. The first-order chi connectivity index (χ1) is 13.7. The van der Waals surface area contributed by atoms with E-state index in [2.05, 4.69) is 15.0 Å². The fourth-order valence-electron chi connectivity index (χ4n) is 2.88. The molecule has 0 fully saturated rings. The van der Waals surface area contributed by atoms with Gasteiger partial charge < -0.3 is 4.57 Å². The van der Waals surface area contributed by atoms with Crippen LogP contribution in [-0.2, 0) is 6.18 Å². The number of hydrogen-bond acceptors (Lipinski definition) is 5. The molecule has 0 aliphatic carbocycles. The largest absolute Gasteiger partial charge is 0.416 e. The summed E-state index contributed by atoms with van der Waals surface area (Å²) in [6.45, 7) is 1.73. The molecule has 7 nitrogen and oxygen atoms in total. The van der Waals surface area contributed by atoms with E-state index in [0.29, 0.717) is 11.1 Å². The molecule has 146 valence electrons. The zero-order valence-electron chi connectivity index (χ0n) is 14.9. The number of nitro groups is 1. The second-order valence-electron chi connectivity index (χ2n) is 6.38. The molecular formula is C19H12F3N5O2. The van der Waals surface area contributed by atoms with Crippen LogP contribution in [0.3, 0.4) is 0 Å². The summed E-state index contributed by atoms with van der Waals surface area (Å²) in [5.74, 6) is 0.0298. The van der Waals surface area contributed by atoms with Crippen molar-refractivity contribution >= 4 is 16.6 Å². The molecule has 0 aliphatic heterocycles.